The Morgan fingerprint density at radius 3 is 2.68 bits per heavy atom. The molecule has 0 unspecified atom stereocenters. The minimum absolute atomic E-state index is 0.0808. The van der Waals surface area contributed by atoms with Gasteiger partial charge in [-0.3, -0.25) is 9.48 Å². The van der Waals surface area contributed by atoms with Crippen LogP contribution in [0.25, 0.3) is 0 Å². The van der Waals surface area contributed by atoms with Crippen molar-refractivity contribution < 1.29 is 9.53 Å². The lowest BCUT2D eigenvalue weighted by atomic mass is 9.80. The van der Waals surface area contributed by atoms with Gasteiger partial charge in [-0.1, -0.05) is 0 Å². The summed E-state index contributed by atoms with van der Waals surface area (Å²) < 4.78 is 7.40. The van der Waals surface area contributed by atoms with Crippen LogP contribution in [0.4, 0.5) is 0 Å². The number of likely N-dealkylation sites (N-methyl/N-ethyl adjacent to an activating group) is 1. The van der Waals surface area contributed by atoms with E-state index in [4.69, 9.17) is 9.84 Å². The number of hydrogen-bond donors (Lipinski definition) is 1. The Labute approximate surface area is 151 Å². The van der Waals surface area contributed by atoms with Gasteiger partial charge < -0.3 is 15.0 Å². The molecule has 1 fully saturated rings. The SMILES string of the molecule is CNCc1cc(C2CCC(CN(C)C(=O)COC(C)C)CC2)nn1C. The molecular weight excluding hydrogens is 316 g/mol. The minimum atomic E-state index is 0.0808. The maximum Gasteiger partial charge on any atom is 0.248 e. The summed E-state index contributed by atoms with van der Waals surface area (Å²) in [7, 11) is 5.87. The highest BCUT2D eigenvalue weighted by molar-refractivity contribution is 5.77. The first-order chi connectivity index (χ1) is 11.9. The topological polar surface area (TPSA) is 59.4 Å². The van der Waals surface area contributed by atoms with Gasteiger partial charge in [-0.2, -0.15) is 5.10 Å². The number of hydrogen-bond acceptors (Lipinski definition) is 4. The van der Waals surface area contributed by atoms with Crippen LogP contribution >= 0.6 is 0 Å². The van der Waals surface area contributed by atoms with E-state index in [1.807, 2.05) is 44.6 Å². The Hall–Kier alpha value is -1.40. The van der Waals surface area contributed by atoms with E-state index in [0.29, 0.717) is 11.8 Å². The molecular formula is C19H34N4O2. The van der Waals surface area contributed by atoms with Gasteiger partial charge in [-0.15, -0.1) is 0 Å². The van der Waals surface area contributed by atoms with Crippen LogP contribution < -0.4 is 5.32 Å². The van der Waals surface area contributed by atoms with Crippen molar-refractivity contribution in [3.63, 3.8) is 0 Å². The monoisotopic (exact) mass is 350 g/mol. The number of ether oxygens (including phenoxy) is 1. The lowest BCUT2D eigenvalue weighted by Crippen LogP contribution is -2.36. The van der Waals surface area contributed by atoms with Gasteiger partial charge in [0, 0.05) is 33.1 Å². The molecule has 6 nitrogen and oxygen atoms in total. The van der Waals surface area contributed by atoms with E-state index in [-0.39, 0.29) is 18.6 Å². The van der Waals surface area contributed by atoms with Crippen LogP contribution in [0, 0.1) is 5.92 Å². The van der Waals surface area contributed by atoms with Gasteiger partial charge in [-0.25, -0.2) is 0 Å². The summed E-state index contributed by atoms with van der Waals surface area (Å²) in [5.41, 5.74) is 2.45. The van der Waals surface area contributed by atoms with Crippen LogP contribution in [0.2, 0.25) is 0 Å². The molecule has 1 aromatic heterocycles. The van der Waals surface area contributed by atoms with E-state index >= 15 is 0 Å². The summed E-state index contributed by atoms with van der Waals surface area (Å²) in [6.07, 6.45) is 4.73. The second-order valence-electron chi connectivity index (χ2n) is 7.57. The second kappa shape index (κ2) is 9.34. The Morgan fingerprint density at radius 2 is 2.08 bits per heavy atom. The van der Waals surface area contributed by atoms with Crippen molar-refractivity contribution in [3.8, 4) is 0 Å². The third kappa shape index (κ3) is 5.82. The predicted octanol–water partition coefficient (Wildman–Crippen LogP) is 2.30. The summed E-state index contributed by atoms with van der Waals surface area (Å²) in [5, 5.41) is 7.89. The van der Waals surface area contributed by atoms with Crippen LogP contribution in [0.15, 0.2) is 6.07 Å². The fraction of sp³-hybridized carbons (Fsp3) is 0.789. The molecule has 1 aliphatic rings. The van der Waals surface area contributed by atoms with E-state index in [9.17, 15) is 4.79 Å². The highest BCUT2D eigenvalue weighted by Crippen LogP contribution is 2.35. The Balaban J connectivity index is 1.79. The van der Waals surface area contributed by atoms with Crippen molar-refractivity contribution in [2.75, 3.05) is 27.2 Å². The van der Waals surface area contributed by atoms with Gasteiger partial charge in [-0.05, 0) is 58.6 Å². The average molecular weight is 351 g/mol. The van der Waals surface area contributed by atoms with E-state index in [2.05, 4.69) is 11.4 Å². The molecule has 0 atom stereocenters. The molecule has 1 saturated carbocycles. The highest BCUT2D eigenvalue weighted by atomic mass is 16.5. The lowest BCUT2D eigenvalue weighted by molar-refractivity contribution is -0.137. The standard InChI is InChI=1S/C19H34N4O2/c1-14(2)25-13-19(24)22(4)12-15-6-8-16(9-7-15)18-10-17(11-20-3)23(5)21-18/h10,14-16,20H,6-9,11-13H2,1-5H3. The van der Waals surface area contributed by atoms with Gasteiger partial charge in [0.1, 0.15) is 6.61 Å². The van der Waals surface area contributed by atoms with E-state index in [1.54, 1.807) is 0 Å². The van der Waals surface area contributed by atoms with E-state index in [1.165, 1.54) is 11.4 Å². The fourth-order valence-electron chi connectivity index (χ4n) is 3.55. The van der Waals surface area contributed by atoms with Crippen molar-refractivity contribution in [1.29, 1.82) is 0 Å². The number of aryl methyl sites for hydroxylation is 1. The average Bonchev–Trinajstić information content (AvgIpc) is 2.94. The van der Waals surface area contributed by atoms with Gasteiger partial charge in [0.25, 0.3) is 0 Å². The van der Waals surface area contributed by atoms with Crippen molar-refractivity contribution >= 4 is 5.91 Å². The van der Waals surface area contributed by atoms with Crippen LogP contribution in [-0.4, -0.2) is 53.9 Å². The molecule has 1 heterocycles. The molecule has 2 rings (SSSR count). The summed E-state index contributed by atoms with van der Waals surface area (Å²) in [6.45, 7) is 5.78. The number of nitrogens with one attached hydrogen (secondary N) is 1. The third-order valence-corrected chi connectivity index (χ3v) is 5.12. The summed E-state index contributed by atoms with van der Waals surface area (Å²) >= 11 is 0. The molecule has 0 aromatic carbocycles. The Kier molecular flexibility index (Phi) is 7.44. The molecule has 1 aliphatic carbocycles. The molecule has 0 radical (unpaired) electrons. The maximum atomic E-state index is 12.1. The molecule has 1 N–H and O–H groups in total. The Bertz CT molecular complexity index is 548. The molecule has 142 valence electrons. The van der Waals surface area contributed by atoms with Crippen molar-refractivity contribution in [1.82, 2.24) is 20.0 Å². The van der Waals surface area contributed by atoms with Gasteiger partial charge in [0.05, 0.1) is 17.5 Å². The zero-order valence-corrected chi connectivity index (χ0v) is 16.4. The molecule has 6 heteroatoms. The highest BCUT2D eigenvalue weighted by Gasteiger charge is 2.26. The number of rotatable bonds is 8. The molecule has 25 heavy (non-hydrogen) atoms. The summed E-state index contributed by atoms with van der Waals surface area (Å²) in [4.78, 5) is 13.9. The zero-order chi connectivity index (χ0) is 18.4. The van der Waals surface area contributed by atoms with Crippen molar-refractivity contribution in [2.45, 2.75) is 58.1 Å². The summed E-state index contributed by atoms with van der Waals surface area (Å²) in [5.74, 6) is 1.22. The summed E-state index contributed by atoms with van der Waals surface area (Å²) in [6, 6.07) is 2.24. The first kappa shape index (κ1) is 19.9. The van der Waals surface area contributed by atoms with Gasteiger partial charge in [0.2, 0.25) is 5.91 Å². The number of carbonyl (C=O) groups excluding carboxylic acids is 1. The maximum absolute atomic E-state index is 12.1. The first-order valence-electron chi connectivity index (χ1n) is 9.43. The van der Waals surface area contributed by atoms with Crippen LogP contribution in [0.5, 0.6) is 0 Å². The van der Waals surface area contributed by atoms with Crippen LogP contribution in [0.3, 0.4) is 0 Å². The lowest BCUT2D eigenvalue weighted by Gasteiger charge is -2.30. The molecule has 0 aliphatic heterocycles. The van der Waals surface area contributed by atoms with E-state index < -0.39 is 0 Å². The third-order valence-electron chi connectivity index (χ3n) is 5.12. The number of nitrogens with zero attached hydrogens (tertiary/aromatic N) is 3. The van der Waals surface area contributed by atoms with E-state index in [0.717, 1.165) is 38.8 Å². The van der Waals surface area contributed by atoms with Gasteiger partial charge >= 0.3 is 0 Å². The first-order valence-corrected chi connectivity index (χ1v) is 9.43. The molecule has 1 amide bonds. The number of amides is 1. The van der Waals surface area contributed by atoms with Crippen molar-refractivity contribution in [3.05, 3.63) is 17.5 Å². The predicted molar refractivity (Wildman–Crippen MR) is 99.4 cm³/mol. The quantitative estimate of drug-likeness (QED) is 0.781. The number of carbonyl (C=O) groups is 1. The normalized spacial score (nSPS) is 20.9. The van der Waals surface area contributed by atoms with Crippen LogP contribution in [-0.2, 0) is 23.1 Å². The minimum Gasteiger partial charge on any atom is -0.369 e. The smallest absolute Gasteiger partial charge is 0.248 e. The van der Waals surface area contributed by atoms with Crippen LogP contribution in [0.1, 0.15) is 56.8 Å². The molecule has 0 spiro atoms. The second-order valence-corrected chi connectivity index (χ2v) is 7.57. The van der Waals surface area contributed by atoms with Gasteiger partial charge in [0.15, 0.2) is 0 Å². The molecule has 1 aromatic rings. The largest absolute Gasteiger partial charge is 0.369 e. The fourth-order valence-corrected chi connectivity index (χ4v) is 3.55. The molecule has 0 bridgehead atoms. The Morgan fingerprint density at radius 1 is 1.40 bits per heavy atom. The zero-order valence-electron chi connectivity index (χ0n) is 16.4. The molecule has 0 saturated heterocycles. The van der Waals surface area contributed by atoms with Crippen molar-refractivity contribution in [2.24, 2.45) is 13.0 Å². The number of aromatic nitrogens is 2.